The van der Waals surface area contributed by atoms with Gasteiger partial charge in [-0.1, -0.05) is 30.3 Å². The molecular weight excluding hydrogens is 399 g/mol. The van der Waals surface area contributed by atoms with Crippen molar-refractivity contribution in [2.45, 2.75) is 19.6 Å². The van der Waals surface area contributed by atoms with E-state index < -0.39 is 18.0 Å². The Hall–Kier alpha value is -3.78. The number of aliphatic hydroxyl groups excluding tert-OH is 1. The van der Waals surface area contributed by atoms with Gasteiger partial charge in [-0.3, -0.25) is 9.59 Å². The largest absolute Gasteiger partial charge is 0.392 e. The van der Waals surface area contributed by atoms with Crippen LogP contribution in [0.3, 0.4) is 0 Å². The van der Waals surface area contributed by atoms with Gasteiger partial charge in [-0.2, -0.15) is 5.10 Å². The van der Waals surface area contributed by atoms with Crippen LogP contribution in [-0.2, 0) is 24.4 Å². The van der Waals surface area contributed by atoms with Gasteiger partial charge in [-0.25, -0.2) is 8.91 Å². The zero-order chi connectivity index (χ0) is 21.8. The van der Waals surface area contributed by atoms with Gasteiger partial charge in [0.1, 0.15) is 17.9 Å². The van der Waals surface area contributed by atoms with Crippen molar-refractivity contribution in [3.63, 3.8) is 0 Å². The first kappa shape index (κ1) is 20.5. The number of fused-ring (bicyclic) bond motifs is 1. The molecule has 4 rings (SSSR count). The Bertz CT molecular complexity index is 1260. The Kier molecular flexibility index (Phi) is 5.90. The number of amides is 1. The summed E-state index contributed by atoms with van der Waals surface area (Å²) in [6, 6.07) is 15.4. The summed E-state index contributed by atoms with van der Waals surface area (Å²) in [4.78, 5) is 25.3. The quantitative estimate of drug-likeness (QED) is 0.480. The second-order valence-corrected chi connectivity index (χ2v) is 7.10. The zero-order valence-corrected chi connectivity index (χ0v) is 16.7. The molecule has 4 aromatic rings. The number of benzene rings is 2. The summed E-state index contributed by atoms with van der Waals surface area (Å²) in [6.07, 6.45) is 3.73. The molecule has 0 saturated heterocycles. The molecule has 1 amide bonds. The number of halogens is 1. The summed E-state index contributed by atoms with van der Waals surface area (Å²) in [5, 5.41) is 17.1. The number of nitrogens with zero attached hydrogens (tertiary/aromatic N) is 3. The number of aromatic nitrogens is 3. The molecule has 0 spiro atoms. The summed E-state index contributed by atoms with van der Waals surface area (Å²) in [6.45, 7) is -0.103. The van der Waals surface area contributed by atoms with Crippen LogP contribution in [0, 0.1) is 5.82 Å². The molecule has 158 valence electrons. The maximum absolute atomic E-state index is 13.2. The number of nitrogens with one attached hydrogen (secondary N) is 1. The van der Waals surface area contributed by atoms with Crippen molar-refractivity contribution in [1.29, 1.82) is 0 Å². The molecule has 2 N–H and O–H groups in total. The van der Waals surface area contributed by atoms with E-state index in [4.69, 9.17) is 0 Å². The third-order valence-corrected chi connectivity index (χ3v) is 5.03. The fraction of sp³-hybridized carbons (Fsp3) is 0.174. The lowest BCUT2D eigenvalue weighted by atomic mass is 10.1. The number of hydrogen-bond donors (Lipinski definition) is 2. The first-order valence-corrected chi connectivity index (χ1v) is 9.85. The monoisotopic (exact) mass is 420 g/mol. The molecule has 2 heterocycles. The van der Waals surface area contributed by atoms with Crippen LogP contribution in [0.5, 0.6) is 0 Å². The van der Waals surface area contributed by atoms with Gasteiger partial charge in [-0.15, -0.1) is 0 Å². The van der Waals surface area contributed by atoms with Crippen molar-refractivity contribution in [2.75, 3.05) is 6.54 Å². The minimum Gasteiger partial charge on any atom is -0.392 e. The van der Waals surface area contributed by atoms with Crippen LogP contribution in [0.4, 0.5) is 4.39 Å². The van der Waals surface area contributed by atoms with Crippen molar-refractivity contribution in [2.24, 2.45) is 0 Å². The van der Waals surface area contributed by atoms with Crippen LogP contribution < -0.4 is 10.9 Å². The Labute approximate surface area is 177 Å². The highest BCUT2D eigenvalue weighted by Crippen LogP contribution is 2.25. The van der Waals surface area contributed by atoms with Gasteiger partial charge in [0.25, 0.3) is 5.56 Å². The molecule has 0 atom stereocenters. The van der Waals surface area contributed by atoms with Gasteiger partial charge in [0.2, 0.25) is 5.91 Å². The van der Waals surface area contributed by atoms with Gasteiger partial charge < -0.3 is 15.0 Å². The lowest BCUT2D eigenvalue weighted by Gasteiger charge is -2.08. The third kappa shape index (κ3) is 4.39. The zero-order valence-electron chi connectivity index (χ0n) is 16.7. The van der Waals surface area contributed by atoms with E-state index in [1.165, 1.54) is 39.5 Å². The maximum Gasteiger partial charge on any atom is 0.277 e. The van der Waals surface area contributed by atoms with Crippen molar-refractivity contribution >= 4 is 11.4 Å². The predicted molar refractivity (Wildman–Crippen MR) is 114 cm³/mol. The number of carbonyl (C=O) groups excluding carboxylic acids is 1. The van der Waals surface area contributed by atoms with E-state index in [1.807, 2.05) is 30.3 Å². The van der Waals surface area contributed by atoms with E-state index in [0.29, 0.717) is 29.8 Å². The number of rotatable bonds is 7. The van der Waals surface area contributed by atoms with Crippen LogP contribution in [-0.4, -0.2) is 31.7 Å². The topological polar surface area (TPSA) is 88.6 Å². The average molecular weight is 420 g/mol. The van der Waals surface area contributed by atoms with E-state index >= 15 is 0 Å². The van der Waals surface area contributed by atoms with Gasteiger partial charge in [0.15, 0.2) is 0 Å². The SMILES string of the molecule is O=C(Cn1ccn2nc(-c3ccc(F)cc3)c(CO)c2c1=O)NCCc1ccccc1. The van der Waals surface area contributed by atoms with Crippen molar-refractivity contribution in [3.8, 4) is 11.3 Å². The standard InChI is InChI=1S/C23H21FN4O3/c24-18-8-6-17(7-9-18)21-19(15-29)22-23(31)27(12-13-28(22)26-21)14-20(30)25-11-10-16-4-2-1-3-5-16/h1-9,12-13,29H,10-11,14-15H2,(H,25,30). The molecule has 0 aliphatic carbocycles. The molecule has 0 saturated carbocycles. The van der Waals surface area contributed by atoms with Gasteiger partial charge in [0, 0.05) is 30.1 Å². The first-order chi connectivity index (χ1) is 15.1. The molecule has 2 aromatic carbocycles. The lowest BCUT2D eigenvalue weighted by Crippen LogP contribution is -2.33. The van der Waals surface area contributed by atoms with E-state index in [1.54, 1.807) is 6.20 Å². The first-order valence-electron chi connectivity index (χ1n) is 9.85. The van der Waals surface area contributed by atoms with Crippen molar-refractivity contribution in [3.05, 3.63) is 94.3 Å². The van der Waals surface area contributed by atoms with Gasteiger partial charge in [-0.05, 0) is 36.2 Å². The Morgan fingerprint density at radius 1 is 1.06 bits per heavy atom. The van der Waals surface area contributed by atoms with E-state index in [2.05, 4.69) is 10.4 Å². The van der Waals surface area contributed by atoms with Crippen molar-refractivity contribution < 1.29 is 14.3 Å². The van der Waals surface area contributed by atoms with Crippen LogP contribution in [0.15, 0.2) is 71.8 Å². The highest BCUT2D eigenvalue weighted by Gasteiger charge is 2.18. The normalized spacial score (nSPS) is 11.0. The second-order valence-electron chi connectivity index (χ2n) is 7.10. The molecule has 0 radical (unpaired) electrons. The molecule has 8 heteroatoms. The van der Waals surface area contributed by atoms with Crippen LogP contribution in [0.2, 0.25) is 0 Å². The maximum atomic E-state index is 13.2. The van der Waals surface area contributed by atoms with Crippen molar-refractivity contribution in [1.82, 2.24) is 19.5 Å². The van der Waals surface area contributed by atoms with Crippen LogP contribution in [0.1, 0.15) is 11.1 Å². The Morgan fingerprint density at radius 2 is 1.81 bits per heavy atom. The highest BCUT2D eigenvalue weighted by molar-refractivity contribution is 5.76. The lowest BCUT2D eigenvalue weighted by molar-refractivity contribution is -0.121. The summed E-state index contributed by atoms with van der Waals surface area (Å²) >= 11 is 0. The average Bonchev–Trinajstić information content (AvgIpc) is 3.16. The number of carbonyl (C=O) groups is 1. The van der Waals surface area contributed by atoms with Crippen LogP contribution >= 0.6 is 0 Å². The highest BCUT2D eigenvalue weighted by atomic mass is 19.1. The van der Waals surface area contributed by atoms with Gasteiger partial charge >= 0.3 is 0 Å². The molecular formula is C23H21FN4O3. The fourth-order valence-electron chi connectivity index (χ4n) is 3.47. The summed E-state index contributed by atoms with van der Waals surface area (Å²) < 4.78 is 15.9. The molecule has 31 heavy (non-hydrogen) atoms. The van der Waals surface area contributed by atoms with E-state index in [0.717, 1.165) is 5.56 Å². The minimum absolute atomic E-state index is 0.147. The molecule has 7 nitrogen and oxygen atoms in total. The molecule has 0 unspecified atom stereocenters. The Balaban J connectivity index is 1.55. The molecule has 0 aliphatic heterocycles. The van der Waals surface area contributed by atoms with Gasteiger partial charge in [0.05, 0.1) is 12.3 Å². The molecule has 2 aromatic heterocycles. The second kappa shape index (κ2) is 8.93. The minimum atomic E-state index is -0.439. The van der Waals surface area contributed by atoms with E-state index in [9.17, 15) is 19.1 Å². The predicted octanol–water partition coefficient (Wildman–Crippen LogP) is 2.15. The summed E-state index contributed by atoms with van der Waals surface area (Å²) in [7, 11) is 0. The number of aliphatic hydroxyl groups is 1. The molecule has 0 aliphatic rings. The summed E-state index contributed by atoms with van der Waals surface area (Å²) in [5.41, 5.74) is 2.16. The third-order valence-electron chi connectivity index (χ3n) is 5.03. The van der Waals surface area contributed by atoms with Crippen LogP contribution in [0.25, 0.3) is 16.8 Å². The Morgan fingerprint density at radius 3 is 2.52 bits per heavy atom. The van der Waals surface area contributed by atoms with E-state index in [-0.39, 0.29) is 18.0 Å². The molecule has 0 bridgehead atoms. The number of hydrogen-bond acceptors (Lipinski definition) is 4. The molecule has 0 fully saturated rings. The fourth-order valence-corrected chi connectivity index (χ4v) is 3.47. The summed E-state index contributed by atoms with van der Waals surface area (Å²) in [5.74, 6) is -0.676. The smallest absolute Gasteiger partial charge is 0.277 e.